The minimum absolute atomic E-state index is 0.0764. The SMILES string of the molecule is FC(F)(F)c1ccccc1.FC(F)(F)c1ccccc1Br. The molecule has 114 valence electrons. The zero-order chi connectivity index (χ0) is 16.1. The molecule has 0 fully saturated rings. The molecular weight excluding hydrogens is 362 g/mol. The molecule has 0 aromatic heterocycles. The summed E-state index contributed by atoms with van der Waals surface area (Å²) in [6.45, 7) is 0. The van der Waals surface area contributed by atoms with Crippen molar-refractivity contribution in [3.63, 3.8) is 0 Å². The van der Waals surface area contributed by atoms with E-state index >= 15 is 0 Å². The van der Waals surface area contributed by atoms with E-state index in [-0.39, 0.29) is 4.47 Å². The van der Waals surface area contributed by atoms with E-state index in [1.54, 1.807) is 12.1 Å². The second-order valence-electron chi connectivity index (χ2n) is 3.84. The Labute approximate surface area is 125 Å². The predicted molar refractivity (Wildman–Crippen MR) is 70.6 cm³/mol. The van der Waals surface area contributed by atoms with Crippen molar-refractivity contribution < 1.29 is 26.3 Å². The first-order valence-electron chi connectivity index (χ1n) is 5.56. The zero-order valence-corrected chi connectivity index (χ0v) is 11.9. The van der Waals surface area contributed by atoms with E-state index in [1.165, 1.54) is 24.3 Å². The molecule has 2 rings (SSSR count). The summed E-state index contributed by atoms with van der Waals surface area (Å²) in [5.41, 5.74) is -1.24. The van der Waals surface area contributed by atoms with Gasteiger partial charge in [0.2, 0.25) is 0 Å². The van der Waals surface area contributed by atoms with Crippen LogP contribution < -0.4 is 0 Å². The maximum Gasteiger partial charge on any atom is 0.417 e. The Hall–Kier alpha value is -1.50. The average Bonchev–Trinajstić information content (AvgIpc) is 2.39. The van der Waals surface area contributed by atoms with Gasteiger partial charge in [-0.05, 0) is 12.1 Å². The van der Waals surface area contributed by atoms with Crippen LogP contribution in [-0.2, 0) is 12.4 Å². The Morgan fingerprint density at radius 3 is 1.43 bits per heavy atom. The smallest absolute Gasteiger partial charge is 0.166 e. The molecule has 0 saturated heterocycles. The van der Waals surface area contributed by atoms with Gasteiger partial charge in [-0.15, -0.1) is 0 Å². The lowest BCUT2D eigenvalue weighted by Gasteiger charge is -2.07. The van der Waals surface area contributed by atoms with Crippen molar-refractivity contribution in [2.24, 2.45) is 0 Å². The van der Waals surface area contributed by atoms with Gasteiger partial charge in [-0.25, -0.2) is 0 Å². The molecule has 0 aliphatic rings. The van der Waals surface area contributed by atoms with Crippen molar-refractivity contribution in [2.45, 2.75) is 12.4 Å². The van der Waals surface area contributed by atoms with Crippen molar-refractivity contribution >= 4 is 15.9 Å². The van der Waals surface area contributed by atoms with Gasteiger partial charge in [0.05, 0.1) is 11.1 Å². The minimum atomic E-state index is -4.26. The lowest BCUT2D eigenvalue weighted by molar-refractivity contribution is -0.138. The Morgan fingerprint density at radius 1 is 0.619 bits per heavy atom. The van der Waals surface area contributed by atoms with Crippen LogP contribution in [0.5, 0.6) is 0 Å². The number of halogens is 7. The molecule has 0 N–H and O–H groups in total. The first kappa shape index (κ1) is 17.6. The molecule has 0 spiro atoms. The highest BCUT2D eigenvalue weighted by molar-refractivity contribution is 9.10. The van der Waals surface area contributed by atoms with Crippen molar-refractivity contribution in [2.75, 3.05) is 0 Å². The molecule has 0 radical (unpaired) electrons. The number of benzene rings is 2. The largest absolute Gasteiger partial charge is 0.417 e. The second-order valence-corrected chi connectivity index (χ2v) is 4.70. The van der Waals surface area contributed by atoms with Gasteiger partial charge in [0.25, 0.3) is 0 Å². The van der Waals surface area contributed by atoms with Gasteiger partial charge in [0, 0.05) is 4.47 Å². The van der Waals surface area contributed by atoms with Gasteiger partial charge in [-0.2, -0.15) is 26.3 Å². The quantitative estimate of drug-likeness (QED) is 0.486. The third-order valence-corrected chi connectivity index (χ3v) is 2.97. The molecule has 0 atom stereocenters. The minimum Gasteiger partial charge on any atom is -0.166 e. The first-order valence-corrected chi connectivity index (χ1v) is 6.35. The Bertz CT molecular complexity index is 560. The fraction of sp³-hybridized carbons (Fsp3) is 0.143. The normalized spacial score (nSPS) is 11.6. The van der Waals surface area contributed by atoms with Gasteiger partial charge in [0.1, 0.15) is 0 Å². The van der Waals surface area contributed by atoms with E-state index in [0.29, 0.717) is 0 Å². The van der Waals surface area contributed by atoms with Crippen LogP contribution in [0.2, 0.25) is 0 Å². The van der Waals surface area contributed by atoms with Crippen LogP contribution in [0.3, 0.4) is 0 Å². The van der Waals surface area contributed by atoms with Crippen LogP contribution in [-0.4, -0.2) is 0 Å². The maximum atomic E-state index is 12.0. The van der Waals surface area contributed by atoms with E-state index in [4.69, 9.17) is 0 Å². The first-order chi connectivity index (χ1) is 9.62. The van der Waals surface area contributed by atoms with Crippen LogP contribution in [0.1, 0.15) is 11.1 Å². The van der Waals surface area contributed by atoms with Crippen molar-refractivity contribution in [3.05, 3.63) is 70.2 Å². The van der Waals surface area contributed by atoms with E-state index < -0.39 is 23.5 Å². The molecule has 0 heterocycles. The Morgan fingerprint density at radius 2 is 1.10 bits per heavy atom. The summed E-state index contributed by atoms with van der Waals surface area (Å²) in [6.07, 6.45) is -8.47. The molecule has 0 unspecified atom stereocenters. The summed E-state index contributed by atoms with van der Waals surface area (Å²) < 4.78 is 71.5. The lowest BCUT2D eigenvalue weighted by Crippen LogP contribution is -2.05. The molecule has 7 heteroatoms. The number of hydrogen-bond donors (Lipinski definition) is 0. The highest BCUT2D eigenvalue weighted by Gasteiger charge is 2.32. The highest BCUT2D eigenvalue weighted by atomic mass is 79.9. The van der Waals surface area contributed by atoms with Gasteiger partial charge >= 0.3 is 12.4 Å². The average molecular weight is 371 g/mol. The van der Waals surface area contributed by atoms with Crippen molar-refractivity contribution in [1.82, 2.24) is 0 Å². The molecule has 0 bridgehead atoms. The molecule has 0 amide bonds. The topological polar surface area (TPSA) is 0 Å². The number of alkyl halides is 6. The molecule has 0 aliphatic carbocycles. The maximum absolute atomic E-state index is 12.0. The summed E-state index contributed by atoms with van der Waals surface area (Å²) in [5, 5.41) is 0. The Balaban J connectivity index is 0.000000211. The highest BCUT2D eigenvalue weighted by Crippen LogP contribution is 2.34. The van der Waals surface area contributed by atoms with Gasteiger partial charge in [0.15, 0.2) is 0 Å². The van der Waals surface area contributed by atoms with Gasteiger partial charge in [-0.1, -0.05) is 58.4 Å². The molecule has 0 saturated carbocycles. The van der Waals surface area contributed by atoms with Crippen LogP contribution in [0.15, 0.2) is 59.1 Å². The van der Waals surface area contributed by atoms with Crippen molar-refractivity contribution in [3.8, 4) is 0 Å². The molecular formula is C14H9BrF6. The second kappa shape index (κ2) is 6.98. The molecule has 21 heavy (non-hydrogen) atoms. The number of hydrogen-bond acceptors (Lipinski definition) is 0. The molecule has 2 aromatic carbocycles. The number of rotatable bonds is 0. The third-order valence-electron chi connectivity index (χ3n) is 2.28. The van der Waals surface area contributed by atoms with Crippen LogP contribution in [0, 0.1) is 0 Å². The standard InChI is InChI=1S/C7H4BrF3.C7H5F3/c8-6-4-2-1-3-5(6)7(9,10)11;8-7(9,10)6-4-2-1-3-5-6/h1-4H;1-5H. The summed E-state index contributed by atoms with van der Waals surface area (Å²) in [4.78, 5) is 0. The van der Waals surface area contributed by atoms with Crippen LogP contribution >= 0.6 is 15.9 Å². The van der Waals surface area contributed by atoms with Crippen LogP contribution in [0.4, 0.5) is 26.3 Å². The van der Waals surface area contributed by atoms with E-state index in [9.17, 15) is 26.3 Å². The molecule has 0 aliphatic heterocycles. The van der Waals surface area contributed by atoms with E-state index in [1.807, 2.05) is 0 Å². The van der Waals surface area contributed by atoms with E-state index in [2.05, 4.69) is 15.9 Å². The molecule has 2 aromatic rings. The summed E-state index contributed by atoms with van der Waals surface area (Å²) in [6, 6.07) is 11.7. The molecule has 0 nitrogen and oxygen atoms in total. The summed E-state index contributed by atoms with van der Waals surface area (Å²) in [5.74, 6) is 0. The van der Waals surface area contributed by atoms with E-state index in [0.717, 1.165) is 18.2 Å². The van der Waals surface area contributed by atoms with Crippen LogP contribution in [0.25, 0.3) is 0 Å². The summed E-state index contributed by atoms with van der Waals surface area (Å²) in [7, 11) is 0. The monoisotopic (exact) mass is 370 g/mol. The zero-order valence-electron chi connectivity index (χ0n) is 10.3. The van der Waals surface area contributed by atoms with Gasteiger partial charge in [-0.3, -0.25) is 0 Å². The lowest BCUT2D eigenvalue weighted by atomic mass is 10.2. The van der Waals surface area contributed by atoms with Gasteiger partial charge < -0.3 is 0 Å². The van der Waals surface area contributed by atoms with Crippen molar-refractivity contribution in [1.29, 1.82) is 0 Å². The predicted octanol–water partition coefficient (Wildman–Crippen LogP) is 6.17. The summed E-state index contributed by atoms with van der Waals surface area (Å²) >= 11 is 2.81. The third kappa shape index (κ3) is 5.79. The Kier molecular flexibility index (Phi) is 5.83. The fourth-order valence-corrected chi connectivity index (χ4v) is 1.83. The fourth-order valence-electron chi connectivity index (χ4n) is 1.32.